The topological polar surface area (TPSA) is 30.5 Å². The lowest BCUT2D eigenvalue weighted by Crippen LogP contribution is -2.41. The van der Waals surface area contributed by atoms with Gasteiger partial charge in [0.05, 0.1) is 11.2 Å². The first-order valence-corrected chi connectivity index (χ1v) is 7.66. The van der Waals surface area contributed by atoms with Gasteiger partial charge in [0, 0.05) is 18.0 Å². The first kappa shape index (κ1) is 15.0. The van der Waals surface area contributed by atoms with Crippen LogP contribution < -0.4 is 10.8 Å². The van der Waals surface area contributed by atoms with Crippen molar-refractivity contribution in [2.24, 2.45) is 0 Å². The fraction of sp³-hybridized carbons (Fsp3) is 0.625. The van der Waals surface area contributed by atoms with Crippen LogP contribution in [0.2, 0.25) is 0 Å². The van der Waals surface area contributed by atoms with E-state index in [0.29, 0.717) is 11.5 Å². The van der Waals surface area contributed by atoms with Crippen molar-refractivity contribution in [2.75, 3.05) is 0 Å². The van der Waals surface area contributed by atoms with Crippen molar-refractivity contribution >= 4 is 12.6 Å². The van der Waals surface area contributed by atoms with E-state index >= 15 is 0 Å². The third kappa shape index (κ3) is 3.00. The Morgan fingerprint density at radius 2 is 1.81 bits per heavy atom. The van der Waals surface area contributed by atoms with Gasteiger partial charge in [-0.2, -0.15) is 0 Å². The maximum absolute atomic E-state index is 14.2. The number of halogens is 1. The van der Waals surface area contributed by atoms with Crippen molar-refractivity contribution < 1.29 is 13.7 Å². The molecule has 5 heteroatoms. The van der Waals surface area contributed by atoms with Crippen LogP contribution in [-0.2, 0) is 15.9 Å². The molecule has 1 saturated heterocycles. The van der Waals surface area contributed by atoms with Crippen LogP contribution >= 0.6 is 0 Å². The van der Waals surface area contributed by atoms with Gasteiger partial charge in [0.1, 0.15) is 5.82 Å². The molecule has 0 radical (unpaired) electrons. The Kier molecular flexibility index (Phi) is 3.63. The average molecular weight is 291 g/mol. The van der Waals surface area contributed by atoms with Crippen LogP contribution in [0.15, 0.2) is 18.2 Å². The van der Waals surface area contributed by atoms with Crippen LogP contribution in [0.25, 0.3) is 0 Å². The summed E-state index contributed by atoms with van der Waals surface area (Å²) in [6.07, 6.45) is 2.48. The van der Waals surface area contributed by atoms with Gasteiger partial charge >= 0.3 is 7.12 Å². The summed E-state index contributed by atoms with van der Waals surface area (Å²) in [7, 11) is -0.643. The Morgan fingerprint density at radius 1 is 1.19 bits per heavy atom. The number of benzene rings is 1. The molecule has 3 rings (SSSR count). The molecule has 1 aliphatic heterocycles. The van der Waals surface area contributed by atoms with Gasteiger partial charge in [0.2, 0.25) is 0 Å². The van der Waals surface area contributed by atoms with Gasteiger partial charge in [-0.25, -0.2) is 4.39 Å². The molecule has 0 amide bonds. The summed E-state index contributed by atoms with van der Waals surface area (Å²) in [6, 6.07) is 5.81. The Labute approximate surface area is 126 Å². The Hall–Kier alpha value is -0.905. The van der Waals surface area contributed by atoms with E-state index in [1.807, 2.05) is 39.8 Å². The molecule has 0 bridgehead atoms. The normalized spacial score (nSPS) is 23.6. The van der Waals surface area contributed by atoms with Gasteiger partial charge < -0.3 is 14.6 Å². The van der Waals surface area contributed by atoms with Crippen molar-refractivity contribution in [3.63, 3.8) is 0 Å². The molecule has 114 valence electrons. The summed E-state index contributed by atoms with van der Waals surface area (Å²) in [5, 5.41) is 3.44. The third-order valence-electron chi connectivity index (χ3n) is 4.74. The van der Waals surface area contributed by atoms with Crippen molar-refractivity contribution in [1.29, 1.82) is 0 Å². The summed E-state index contributed by atoms with van der Waals surface area (Å²) < 4.78 is 26.0. The van der Waals surface area contributed by atoms with Gasteiger partial charge in [-0.3, -0.25) is 0 Å². The van der Waals surface area contributed by atoms with Crippen LogP contribution in [0.1, 0.15) is 46.1 Å². The van der Waals surface area contributed by atoms with E-state index in [1.54, 1.807) is 0 Å². The predicted molar refractivity (Wildman–Crippen MR) is 82.0 cm³/mol. The highest BCUT2D eigenvalue weighted by Gasteiger charge is 2.52. The summed E-state index contributed by atoms with van der Waals surface area (Å²) in [5.74, 6) is -0.274. The minimum absolute atomic E-state index is 0.274. The molecule has 1 aromatic carbocycles. The highest BCUT2D eigenvalue weighted by Crippen LogP contribution is 2.36. The Morgan fingerprint density at radius 3 is 2.38 bits per heavy atom. The molecule has 0 unspecified atom stereocenters. The minimum Gasteiger partial charge on any atom is -0.399 e. The van der Waals surface area contributed by atoms with Crippen molar-refractivity contribution in [3.8, 4) is 0 Å². The first-order valence-electron chi connectivity index (χ1n) is 7.66. The second-order valence-corrected chi connectivity index (χ2v) is 7.10. The highest BCUT2D eigenvalue weighted by atomic mass is 19.1. The maximum atomic E-state index is 14.2. The second-order valence-electron chi connectivity index (χ2n) is 7.10. The van der Waals surface area contributed by atoms with Gasteiger partial charge in [-0.1, -0.05) is 12.1 Å². The lowest BCUT2D eigenvalue weighted by atomic mass is 9.78. The van der Waals surface area contributed by atoms with Crippen LogP contribution in [-0.4, -0.2) is 24.4 Å². The van der Waals surface area contributed by atoms with E-state index in [4.69, 9.17) is 9.31 Å². The van der Waals surface area contributed by atoms with E-state index in [9.17, 15) is 4.39 Å². The van der Waals surface area contributed by atoms with Gasteiger partial charge in [0.15, 0.2) is 0 Å². The van der Waals surface area contributed by atoms with Crippen molar-refractivity contribution in [1.82, 2.24) is 5.32 Å². The van der Waals surface area contributed by atoms with Gasteiger partial charge in [-0.05, 0) is 52.2 Å². The van der Waals surface area contributed by atoms with Crippen LogP contribution in [0.5, 0.6) is 0 Å². The smallest absolute Gasteiger partial charge is 0.399 e. The van der Waals surface area contributed by atoms with Crippen LogP contribution in [0.4, 0.5) is 4.39 Å². The lowest BCUT2D eigenvalue weighted by Gasteiger charge is -2.32. The van der Waals surface area contributed by atoms with E-state index in [-0.39, 0.29) is 5.82 Å². The molecule has 0 atom stereocenters. The quantitative estimate of drug-likeness (QED) is 0.864. The average Bonchev–Trinajstić information content (AvgIpc) is 3.16. The predicted octanol–water partition coefficient (Wildman–Crippen LogP) is 2.38. The molecule has 1 saturated carbocycles. The molecule has 2 aliphatic rings. The maximum Gasteiger partial charge on any atom is 0.497 e. The zero-order valence-corrected chi connectivity index (χ0v) is 13.2. The van der Waals surface area contributed by atoms with Crippen molar-refractivity contribution in [2.45, 2.75) is 64.3 Å². The summed E-state index contributed by atoms with van der Waals surface area (Å²) >= 11 is 0. The number of nitrogens with one attached hydrogen (secondary N) is 1. The molecule has 2 fully saturated rings. The molecule has 3 nitrogen and oxygen atoms in total. The van der Waals surface area contributed by atoms with E-state index in [0.717, 1.165) is 12.1 Å². The standard InChI is InChI=1S/C16H23BFNO2/c1-15(2)16(3,4)21-17(20-15)13-9-11(5-8-14(13)18)10-19-12-6-7-12/h5,8-9,12,19H,6-7,10H2,1-4H3. The summed E-state index contributed by atoms with van der Waals surface area (Å²) in [6.45, 7) is 8.66. The van der Waals surface area contributed by atoms with E-state index < -0.39 is 18.3 Å². The Bertz CT molecular complexity index is 527. The largest absolute Gasteiger partial charge is 0.497 e. The molecule has 0 aromatic heterocycles. The van der Waals surface area contributed by atoms with Crippen molar-refractivity contribution in [3.05, 3.63) is 29.6 Å². The molecule has 1 aromatic rings. The minimum atomic E-state index is -0.643. The SMILES string of the molecule is CC1(C)OB(c2cc(CNC3CC3)ccc2F)OC1(C)C. The first-order chi connectivity index (χ1) is 9.78. The Balaban J connectivity index is 1.79. The molecule has 0 spiro atoms. The second kappa shape index (κ2) is 5.08. The van der Waals surface area contributed by atoms with E-state index in [2.05, 4.69) is 5.32 Å². The lowest BCUT2D eigenvalue weighted by molar-refractivity contribution is 0.00578. The molecule has 1 aliphatic carbocycles. The number of rotatable bonds is 4. The molecular formula is C16H23BFNO2. The molecular weight excluding hydrogens is 268 g/mol. The number of hydrogen-bond acceptors (Lipinski definition) is 3. The third-order valence-corrected chi connectivity index (χ3v) is 4.74. The monoisotopic (exact) mass is 291 g/mol. The number of hydrogen-bond donors (Lipinski definition) is 1. The molecule has 1 N–H and O–H groups in total. The highest BCUT2D eigenvalue weighted by molar-refractivity contribution is 6.62. The zero-order chi connectivity index (χ0) is 15.3. The van der Waals surface area contributed by atoms with Gasteiger partial charge in [0.25, 0.3) is 0 Å². The fourth-order valence-electron chi connectivity index (χ4n) is 2.40. The zero-order valence-electron chi connectivity index (χ0n) is 13.2. The molecule has 1 heterocycles. The molecule has 21 heavy (non-hydrogen) atoms. The van der Waals surface area contributed by atoms with Crippen LogP contribution in [0.3, 0.4) is 0 Å². The van der Waals surface area contributed by atoms with Gasteiger partial charge in [-0.15, -0.1) is 0 Å². The van der Waals surface area contributed by atoms with Crippen LogP contribution in [0, 0.1) is 5.82 Å². The summed E-state index contributed by atoms with van der Waals surface area (Å²) in [4.78, 5) is 0. The summed E-state index contributed by atoms with van der Waals surface area (Å²) in [5.41, 5.74) is 0.649. The fourth-order valence-corrected chi connectivity index (χ4v) is 2.40. The van der Waals surface area contributed by atoms with E-state index in [1.165, 1.54) is 18.9 Å².